The summed E-state index contributed by atoms with van der Waals surface area (Å²) in [5.41, 5.74) is 7.31. The van der Waals surface area contributed by atoms with Gasteiger partial charge in [-0.05, 0) is 12.1 Å². The Morgan fingerprint density at radius 3 is 3.00 bits per heavy atom. The van der Waals surface area contributed by atoms with Gasteiger partial charge >= 0.3 is 0 Å². The van der Waals surface area contributed by atoms with Crippen molar-refractivity contribution in [3.63, 3.8) is 0 Å². The zero-order chi connectivity index (χ0) is 8.39. The zero-order valence-electron chi connectivity index (χ0n) is 6.14. The molecule has 0 aliphatic heterocycles. The van der Waals surface area contributed by atoms with Gasteiger partial charge in [0.05, 0.1) is 17.9 Å². The van der Waals surface area contributed by atoms with Gasteiger partial charge in [-0.2, -0.15) is 8.75 Å². The smallest absolute Gasteiger partial charge is 0.123 e. The van der Waals surface area contributed by atoms with Crippen molar-refractivity contribution in [1.29, 1.82) is 0 Å². The molecule has 0 spiro atoms. The minimum absolute atomic E-state index is 0.500. The number of rotatable bonds is 1. The van der Waals surface area contributed by atoms with Crippen molar-refractivity contribution in [2.24, 2.45) is 0 Å². The van der Waals surface area contributed by atoms with Gasteiger partial charge < -0.3 is 5.73 Å². The molecule has 0 amide bonds. The first kappa shape index (κ1) is 7.17. The lowest BCUT2D eigenvalue weighted by Gasteiger charge is -1.95. The summed E-state index contributed by atoms with van der Waals surface area (Å²) in [6.45, 7) is 0. The molecule has 0 aliphatic rings. The molecule has 60 valence electrons. The Bertz CT molecular complexity index is 371. The van der Waals surface area contributed by atoms with E-state index in [1.807, 2.05) is 6.07 Å². The highest BCUT2D eigenvalue weighted by Gasteiger charge is 2.00. The van der Waals surface area contributed by atoms with E-state index in [1.54, 1.807) is 18.5 Å². The highest BCUT2D eigenvalue weighted by molar-refractivity contribution is 6.99. The van der Waals surface area contributed by atoms with Gasteiger partial charge in [-0.15, -0.1) is 0 Å². The molecule has 0 atom stereocenters. The van der Waals surface area contributed by atoms with Crippen molar-refractivity contribution in [1.82, 2.24) is 13.7 Å². The monoisotopic (exact) mass is 178 g/mol. The van der Waals surface area contributed by atoms with Gasteiger partial charge in [0.25, 0.3) is 0 Å². The number of nitrogen functional groups attached to an aromatic ring is 1. The lowest BCUT2D eigenvalue weighted by molar-refractivity contribution is 1.33. The molecule has 0 radical (unpaired) electrons. The lowest BCUT2D eigenvalue weighted by Crippen LogP contribution is -1.89. The molecule has 4 nitrogen and oxygen atoms in total. The number of nitrogens with two attached hydrogens (primary N) is 1. The number of pyridine rings is 1. The molecule has 5 heteroatoms. The Kier molecular flexibility index (Phi) is 1.71. The van der Waals surface area contributed by atoms with Crippen molar-refractivity contribution >= 4 is 17.5 Å². The fourth-order valence-corrected chi connectivity index (χ4v) is 1.33. The van der Waals surface area contributed by atoms with E-state index in [9.17, 15) is 0 Å². The summed E-state index contributed by atoms with van der Waals surface area (Å²) in [6.07, 6.45) is 3.36. The van der Waals surface area contributed by atoms with Crippen LogP contribution in [0.1, 0.15) is 0 Å². The Morgan fingerprint density at radius 1 is 1.42 bits per heavy atom. The minimum Gasteiger partial charge on any atom is -0.384 e. The third-order valence-electron chi connectivity index (χ3n) is 1.44. The third-order valence-corrected chi connectivity index (χ3v) is 1.92. The predicted molar refractivity (Wildman–Crippen MR) is 47.6 cm³/mol. The predicted octanol–water partition coefficient (Wildman–Crippen LogP) is 1.18. The van der Waals surface area contributed by atoms with Gasteiger partial charge in [-0.25, -0.2) is 4.98 Å². The summed E-state index contributed by atoms with van der Waals surface area (Å²) in [7, 11) is 0. The molecular formula is C7H6N4S. The van der Waals surface area contributed by atoms with Crippen molar-refractivity contribution in [2.75, 3.05) is 5.73 Å². The van der Waals surface area contributed by atoms with Crippen molar-refractivity contribution in [2.45, 2.75) is 0 Å². The van der Waals surface area contributed by atoms with Crippen molar-refractivity contribution in [3.8, 4) is 11.3 Å². The van der Waals surface area contributed by atoms with E-state index in [2.05, 4.69) is 13.7 Å². The molecule has 0 aliphatic carbocycles. The SMILES string of the molecule is Nc1cc(-c2cnsn2)ccn1. The topological polar surface area (TPSA) is 64.7 Å². The second-order valence-electron chi connectivity index (χ2n) is 2.26. The second kappa shape index (κ2) is 2.86. The van der Waals surface area contributed by atoms with Crippen LogP contribution in [0, 0.1) is 0 Å². The van der Waals surface area contributed by atoms with Crippen LogP contribution < -0.4 is 5.73 Å². The standard InChI is InChI=1S/C7H6N4S/c8-7-3-5(1-2-9-7)6-4-10-12-11-6/h1-4H,(H2,8,9). The first-order chi connectivity index (χ1) is 5.86. The van der Waals surface area contributed by atoms with Crippen LogP contribution in [0.4, 0.5) is 5.82 Å². The number of hydrogen-bond acceptors (Lipinski definition) is 5. The van der Waals surface area contributed by atoms with Crippen LogP contribution in [0.3, 0.4) is 0 Å². The van der Waals surface area contributed by atoms with Crippen LogP contribution in [0.25, 0.3) is 11.3 Å². The van der Waals surface area contributed by atoms with Gasteiger partial charge in [0, 0.05) is 11.8 Å². The van der Waals surface area contributed by atoms with Crippen LogP contribution in [-0.2, 0) is 0 Å². The van der Waals surface area contributed by atoms with Crippen LogP contribution in [0.5, 0.6) is 0 Å². The van der Waals surface area contributed by atoms with Gasteiger partial charge in [0.1, 0.15) is 11.5 Å². The Morgan fingerprint density at radius 2 is 2.33 bits per heavy atom. The number of nitrogens with zero attached hydrogens (tertiary/aromatic N) is 3. The first-order valence-corrected chi connectivity index (χ1v) is 4.09. The fraction of sp³-hybridized carbons (Fsp3) is 0. The van der Waals surface area contributed by atoms with Crippen LogP contribution in [0.2, 0.25) is 0 Å². The third kappa shape index (κ3) is 1.26. The van der Waals surface area contributed by atoms with Crippen LogP contribution in [-0.4, -0.2) is 13.7 Å². The minimum atomic E-state index is 0.500. The van der Waals surface area contributed by atoms with Gasteiger partial charge in [0.15, 0.2) is 0 Å². The van der Waals surface area contributed by atoms with Crippen molar-refractivity contribution < 1.29 is 0 Å². The summed E-state index contributed by atoms with van der Waals surface area (Å²) in [4.78, 5) is 3.88. The lowest BCUT2D eigenvalue weighted by atomic mass is 10.2. The second-order valence-corrected chi connectivity index (χ2v) is 2.82. The molecule has 2 N–H and O–H groups in total. The molecule has 0 bridgehead atoms. The maximum Gasteiger partial charge on any atom is 0.123 e. The molecule has 12 heavy (non-hydrogen) atoms. The molecule has 0 fully saturated rings. The van der Waals surface area contributed by atoms with E-state index in [-0.39, 0.29) is 0 Å². The number of anilines is 1. The maximum absolute atomic E-state index is 5.51. The highest BCUT2D eigenvalue weighted by Crippen LogP contribution is 2.17. The number of hydrogen-bond donors (Lipinski definition) is 1. The normalized spacial score (nSPS) is 10.0. The molecule has 0 unspecified atom stereocenters. The summed E-state index contributed by atoms with van der Waals surface area (Å²) < 4.78 is 7.97. The summed E-state index contributed by atoms with van der Waals surface area (Å²) in [5.74, 6) is 0.500. The first-order valence-electron chi connectivity index (χ1n) is 3.36. The van der Waals surface area contributed by atoms with E-state index in [4.69, 9.17) is 5.73 Å². The van der Waals surface area contributed by atoms with Crippen LogP contribution in [0.15, 0.2) is 24.5 Å². The van der Waals surface area contributed by atoms with E-state index in [0.29, 0.717) is 5.82 Å². The molecule has 0 saturated carbocycles. The number of aromatic nitrogens is 3. The molecule has 2 heterocycles. The van der Waals surface area contributed by atoms with E-state index >= 15 is 0 Å². The molecule has 0 saturated heterocycles. The van der Waals surface area contributed by atoms with E-state index in [0.717, 1.165) is 11.3 Å². The quantitative estimate of drug-likeness (QED) is 0.712. The molecule has 2 rings (SSSR count). The van der Waals surface area contributed by atoms with E-state index in [1.165, 1.54) is 11.7 Å². The Labute approximate surface area is 73.4 Å². The van der Waals surface area contributed by atoms with Gasteiger partial charge in [-0.3, -0.25) is 0 Å². The average Bonchev–Trinajstić information content (AvgIpc) is 2.56. The fourth-order valence-electron chi connectivity index (χ4n) is 0.900. The molecule has 2 aromatic rings. The van der Waals surface area contributed by atoms with Crippen LogP contribution >= 0.6 is 11.7 Å². The van der Waals surface area contributed by atoms with Gasteiger partial charge in [0.2, 0.25) is 0 Å². The van der Waals surface area contributed by atoms with E-state index < -0.39 is 0 Å². The maximum atomic E-state index is 5.51. The Balaban J connectivity index is 2.48. The summed E-state index contributed by atoms with van der Waals surface area (Å²) >= 11 is 1.18. The molecular weight excluding hydrogens is 172 g/mol. The molecule has 0 aromatic carbocycles. The summed E-state index contributed by atoms with van der Waals surface area (Å²) in [6, 6.07) is 3.63. The molecule has 2 aromatic heterocycles. The average molecular weight is 178 g/mol. The zero-order valence-corrected chi connectivity index (χ0v) is 6.95. The van der Waals surface area contributed by atoms with Crippen molar-refractivity contribution in [3.05, 3.63) is 24.5 Å². The Hall–Kier alpha value is -1.49. The van der Waals surface area contributed by atoms with Gasteiger partial charge in [-0.1, -0.05) is 0 Å². The largest absolute Gasteiger partial charge is 0.384 e. The highest BCUT2D eigenvalue weighted by atomic mass is 32.1. The summed E-state index contributed by atoms with van der Waals surface area (Å²) in [5, 5.41) is 0.